The van der Waals surface area contributed by atoms with Crippen molar-refractivity contribution in [3.8, 4) is 0 Å². The lowest BCUT2D eigenvalue weighted by molar-refractivity contribution is -0.141. The zero-order valence-electron chi connectivity index (χ0n) is 11.8. The number of likely N-dealkylation sites (N-methyl/N-ethyl adjacent to an activating group) is 1. The molecule has 0 saturated carbocycles. The van der Waals surface area contributed by atoms with Gasteiger partial charge in [0.05, 0.1) is 6.42 Å². The van der Waals surface area contributed by atoms with Crippen LogP contribution < -0.4 is 11.1 Å². The number of nitrogens with zero attached hydrogens (tertiary/aromatic N) is 1. The number of anilines is 1. The number of rotatable bonds is 3. The molecular weight excluding hydrogens is 254 g/mol. The third kappa shape index (κ3) is 3.29. The van der Waals surface area contributed by atoms with Crippen molar-refractivity contribution in [2.45, 2.75) is 31.7 Å². The van der Waals surface area contributed by atoms with E-state index >= 15 is 0 Å². The van der Waals surface area contributed by atoms with Gasteiger partial charge in [0, 0.05) is 19.3 Å². The molecule has 1 atom stereocenters. The number of nitrogens with two attached hydrogens (primary N) is 1. The van der Waals surface area contributed by atoms with Gasteiger partial charge in [0.25, 0.3) is 0 Å². The molecule has 1 aromatic rings. The molecule has 0 radical (unpaired) electrons. The summed E-state index contributed by atoms with van der Waals surface area (Å²) in [5.41, 5.74) is 7.26. The van der Waals surface area contributed by atoms with E-state index < -0.39 is 0 Å². The van der Waals surface area contributed by atoms with E-state index in [4.69, 9.17) is 5.73 Å². The van der Waals surface area contributed by atoms with Crippen LogP contribution >= 0.6 is 0 Å². The third-order valence-corrected chi connectivity index (χ3v) is 3.68. The second kappa shape index (κ2) is 6.41. The molecule has 1 aromatic carbocycles. The second-order valence-electron chi connectivity index (χ2n) is 5.13. The van der Waals surface area contributed by atoms with Gasteiger partial charge in [0.2, 0.25) is 11.8 Å². The van der Waals surface area contributed by atoms with Crippen LogP contribution in [0.2, 0.25) is 0 Å². The van der Waals surface area contributed by atoms with Crippen molar-refractivity contribution in [3.05, 3.63) is 29.8 Å². The van der Waals surface area contributed by atoms with Crippen molar-refractivity contribution in [3.63, 3.8) is 0 Å². The van der Waals surface area contributed by atoms with E-state index in [1.165, 1.54) is 0 Å². The van der Waals surface area contributed by atoms with E-state index in [0.29, 0.717) is 18.7 Å². The van der Waals surface area contributed by atoms with Crippen LogP contribution in [0.4, 0.5) is 5.69 Å². The minimum absolute atomic E-state index is 0.0103. The fraction of sp³-hybridized carbons (Fsp3) is 0.467. The predicted molar refractivity (Wildman–Crippen MR) is 78.0 cm³/mol. The predicted octanol–water partition coefficient (Wildman–Crippen LogP) is 0.938. The van der Waals surface area contributed by atoms with Crippen molar-refractivity contribution in [1.82, 2.24) is 10.2 Å². The van der Waals surface area contributed by atoms with E-state index in [9.17, 15) is 9.59 Å². The summed E-state index contributed by atoms with van der Waals surface area (Å²) in [6.45, 7) is 0.652. The van der Waals surface area contributed by atoms with Crippen molar-refractivity contribution >= 4 is 17.5 Å². The average molecular weight is 275 g/mol. The third-order valence-electron chi connectivity index (χ3n) is 3.68. The minimum Gasteiger partial charge on any atom is -0.399 e. The van der Waals surface area contributed by atoms with Crippen LogP contribution in [0, 0.1) is 0 Å². The van der Waals surface area contributed by atoms with Gasteiger partial charge in [0.15, 0.2) is 0 Å². The van der Waals surface area contributed by atoms with E-state index in [-0.39, 0.29) is 17.9 Å². The summed E-state index contributed by atoms with van der Waals surface area (Å²) in [6, 6.07) is 6.98. The Hall–Kier alpha value is -2.04. The maximum Gasteiger partial charge on any atom is 0.242 e. The van der Waals surface area contributed by atoms with Crippen LogP contribution in [0.1, 0.15) is 24.8 Å². The molecule has 108 valence electrons. The number of carbonyl (C=O) groups is 2. The first-order valence-electron chi connectivity index (χ1n) is 6.97. The maximum atomic E-state index is 12.4. The quantitative estimate of drug-likeness (QED) is 0.806. The van der Waals surface area contributed by atoms with E-state index in [2.05, 4.69) is 5.32 Å². The van der Waals surface area contributed by atoms with Crippen LogP contribution in [-0.4, -0.2) is 36.3 Å². The molecule has 2 amide bonds. The molecule has 1 aliphatic heterocycles. The highest BCUT2D eigenvalue weighted by atomic mass is 16.2. The Bertz CT molecular complexity index is 502. The second-order valence-corrected chi connectivity index (χ2v) is 5.13. The Labute approximate surface area is 119 Å². The number of carbonyl (C=O) groups excluding carboxylic acids is 2. The molecule has 20 heavy (non-hydrogen) atoms. The molecule has 1 fully saturated rings. The summed E-state index contributed by atoms with van der Waals surface area (Å²) in [5.74, 6) is -0.0884. The van der Waals surface area contributed by atoms with Crippen molar-refractivity contribution < 1.29 is 9.59 Å². The smallest absolute Gasteiger partial charge is 0.242 e. The number of likely N-dealkylation sites (tertiary alicyclic amines) is 1. The summed E-state index contributed by atoms with van der Waals surface area (Å²) in [4.78, 5) is 26.0. The number of hydrogen-bond acceptors (Lipinski definition) is 3. The summed E-state index contributed by atoms with van der Waals surface area (Å²) in [7, 11) is 1.61. The maximum absolute atomic E-state index is 12.4. The number of hydrogen-bond donors (Lipinski definition) is 2. The first-order chi connectivity index (χ1) is 9.61. The van der Waals surface area contributed by atoms with Gasteiger partial charge in [-0.2, -0.15) is 0 Å². The monoisotopic (exact) mass is 275 g/mol. The van der Waals surface area contributed by atoms with Crippen molar-refractivity contribution in [2.75, 3.05) is 19.3 Å². The summed E-state index contributed by atoms with van der Waals surface area (Å²) in [5, 5.41) is 2.64. The number of benzene rings is 1. The van der Waals surface area contributed by atoms with Gasteiger partial charge >= 0.3 is 0 Å². The van der Waals surface area contributed by atoms with E-state index in [1.807, 2.05) is 12.1 Å². The lowest BCUT2D eigenvalue weighted by Crippen LogP contribution is -2.51. The Morgan fingerprint density at radius 1 is 1.40 bits per heavy atom. The molecular formula is C15H21N3O2. The van der Waals surface area contributed by atoms with Crippen LogP contribution in [0.25, 0.3) is 0 Å². The largest absolute Gasteiger partial charge is 0.399 e. The molecule has 1 aliphatic rings. The zero-order valence-corrected chi connectivity index (χ0v) is 11.8. The number of amides is 2. The molecule has 0 spiro atoms. The molecule has 1 unspecified atom stereocenters. The molecule has 2 rings (SSSR count). The molecule has 5 heteroatoms. The normalized spacial score (nSPS) is 18.6. The van der Waals surface area contributed by atoms with Gasteiger partial charge in [0.1, 0.15) is 6.04 Å². The van der Waals surface area contributed by atoms with E-state index in [0.717, 1.165) is 24.8 Å². The molecule has 1 saturated heterocycles. The zero-order chi connectivity index (χ0) is 14.5. The van der Waals surface area contributed by atoms with Crippen molar-refractivity contribution in [2.24, 2.45) is 0 Å². The highest BCUT2D eigenvalue weighted by Crippen LogP contribution is 2.19. The van der Waals surface area contributed by atoms with Crippen LogP contribution in [0.15, 0.2) is 24.3 Å². The molecule has 1 heterocycles. The molecule has 0 aliphatic carbocycles. The summed E-state index contributed by atoms with van der Waals surface area (Å²) >= 11 is 0. The van der Waals surface area contributed by atoms with Gasteiger partial charge < -0.3 is 16.0 Å². The van der Waals surface area contributed by atoms with Gasteiger partial charge in [-0.25, -0.2) is 0 Å². The fourth-order valence-electron chi connectivity index (χ4n) is 2.65. The van der Waals surface area contributed by atoms with Gasteiger partial charge in [-0.1, -0.05) is 12.1 Å². The average Bonchev–Trinajstić information content (AvgIpc) is 2.46. The highest BCUT2D eigenvalue weighted by molar-refractivity contribution is 5.88. The molecule has 0 bridgehead atoms. The lowest BCUT2D eigenvalue weighted by atomic mass is 10.00. The summed E-state index contributed by atoms with van der Waals surface area (Å²) < 4.78 is 0. The van der Waals surface area contributed by atoms with Gasteiger partial charge in [-0.3, -0.25) is 9.59 Å². The van der Waals surface area contributed by atoms with Crippen LogP contribution in [-0.2, 0) is 16.0 Å². The summed E-state index contributed by atoms with van der Waals surface area (Å²) in [6.07, 6.45) is 2.97. The first kappa shape index (κ1) is 14.4. The van der Waals surface area contributed by atoms with E-state index in [1.54, 1.807) is 24.1 Å². The standard InChI is InChI=1S/C15H21N3O2/c1-17-15(20)13-7-2-3-8-18(13)14(19)10-11-5-4-6-12(16)9-11/h4-6,9,13H,2-3,7-8,10,16H2,1H3,(H,17,20). The highest BCUT2D eigenvalue weighted by Gasteiger charge is 2.31. The van der Waals surface area contributed by atoms with Crippen LogP contribution in [0.3, 0.4) is 0 Å². The number of nitrogens with one attached hydrogen (secondary N) is 1. The van der Waals surface area contributed by atoms with Gasteiger partial charge in [-0.05, 0) is 37.0 Å². The minimum atomic E-state index is -0.331. The topological polar surface area (TPSA) is 75.4 Å². The Kier molecular flexibility index (Phi) is 4.61. The molecule has 0 aromatic heterocycles. The van der Waals surface area contributed by atoms with Crippen molar-refractivity contribution in [1.29, 1.82) is 0 Å². The first-order valence-corrected chi connectivity index (χ1v) is 6.97. The fourth-order valence-corrected chi connectivity index (χ4v) is 2.65. The molecule has 5 nitrogen and oxygen atoms in total. The Morgan fingerprint density at radius 2 is 2.20 bits per heavy atom. The Morgan fingerprint density at radius 3 is 2.90 bits per heavy atom. The molecule has 3 N–H and O–H groups in total. The van der Waals surface area contributed by atoms with Gasteiger partial charge in [-0.15, -0.1) is 0 Å². The van der Waals surface area contributed by atoms with Crippen LogP contribution in [0.5, 0.6) is 0 Å². The number of nitrogen functional groups attached to an aromatic ring is 1. The SMILES string of the molecule is CNC(=O)C1CCCCN1C(=O)Cc1cccc(N)c1. The lowest BCUT2D eigenvalue weighted by Gasteiger charge is -2.34. The Balaban J connectivity index is 2.08. The number of piperidine rings is 1.